The van der Waals surface area contributed by atoms with Crippen molar-refractivity contribution in [3.8, 4) is 5.75 Å². The summed E-state index contributed by atoms with van der Waals surface area (Å²) in [6, 6.07) is 22.2. The van der Waals surface area contributed by atoms with Gasteiger partial charge >= 0.3 is 0 Å². The summed E-state index contributed by atoms with van der Waals surface area (Å²) in [6.45, 7) is 0.155. The lowest BCUT2D eigenvalue weighted by atomic mass is 10.1. The van der Waals surface area contributed by atoms with Crippen LogP contribution in [0.15, 0.2) is 77.7 Å². The SMILES string of the molecule is NC(=O)CCOc1ccccc1NC(=O)c1ccc(CSc2ccc(Cl)cc2)cc1. The van der Waals surface area contributed by atoms with Gasteiger partial charge in [0, 0.05) is 21.2 Å². The molecule has 30 heavy (non-hydrogen) atoms. The van der Waals surface area contributed by atoms with Gasteiger partial charge in [-0.05, 0) is 54.1 Å². The van der Waals surface area contributed by atoms with Crippen molar-refractivity contribution in [2.45, 2.75) is 17.1 Å². The highest BCUT2D eigenvalue weighted by molar-refractivity contribution is 7.98. The van der Waals surface area contributed by atoms with Crippen LogP contribution >= 0.6 is 23.4 Å². The van der Waals surface area contributed by atoms with E-state index < -0.39 is 5.91 Å². The van der Waals surface area contributed by atoms with E-state index in [4.69, 9.17) is 22.1 Å². The highest BCUT2D eigenvalue weighted by Crippen LogP contribution is 2.26. The van der Waals surface area contributed by atoms with Gasteiger partial charge in [0.05, 0.1) is 18.7 Å². The van der Waals surface area contributed by atoms with Gasteiger partial charge in [-0.15, -0.1) is 11.8 Å². The third kappa shape index (κ3) is 6.54. The van der Waals surface area contributed by atoms with Gasteiger partial charge in [-0.2, -0.15) is 0 Å². The predicted octanol–water partition coefficient (Wildman–Crippen LogP) is 5.14. The molecule has 0 saturated carbocycles. The summed E-state index contributed by atoms with van der Waals surface area (Å²) in [5, 5.41) is 3.57. The molecule has 154 valence electrons. The molecule has 0 bridgehead atoms. The van der Waals surface area contributed by atoms with E-state index in [0.717, 1.165) is 21.2 Å². The first-order valence-electron chi connectivity index (χ1n) is 9.30. The van der Waals surface area contributed by atoms with Crippen molar-refractivity contribution in [1.29, 1.82) is 0 Å². The Balaban J connectivity index is 1.58. The fourth-order valence-corrected chi connectivity index (χ4v) is 3.58. The molecule has 0 aromatic heterocycles. The fraction of sp³-hybridized carbons (Fsp3) is 0.130. The number of hydrogen-bond donors (Lipinski definition) is 2. The number of thioether (sulfide) groups is 1. The summed E-state index contributed by atoms with van der Waals surface area (Å²) in [6.07, 6.45) is 0.109. The molecule has 0 fully saturated rings. The molecule has 5 nitrogen and oxygen atoms in total. The summed E-state index contributed by atoms with van der Waals surface area (Å²) < 4.78 is 5.56. The molecule has 0 aliphatic rings. The Hall–Kier alpha value is -2.96. The number of nitrogens with two attached hydrogens (primary N) is 1. The second-order valence-electron chi connectivity index (χ2n) is 6.45. The number of benzene rings is 3. The van der Waals surface area contributed by atoms with Crippen LogP contribution in [0.5, 0.6) is 5.75 Å². The van der Waals surface area contributed by atoms with Crippen molar-refractivity contribution >= 4 is 40.9 Å². The number of hydrogen-bond acceptors (Lipinski definition) is 4. The normalized spacial score (nSPS) is 10.4. The number of rotatable bonds is 9. The van der Waals surface area contributed by atoms with Crippen molar-refractivity contribution < 1.29 is 14.3 Å². The quantitative estimate of drug-likeness (QED) is 0.451. The summed E-state index contributed by atoms with van der Waals surface area (Å²) in [4.78, 5) is 24.6. The van der Waals surface area contributed by atoms with Crippen molar-refractivity contribution in [3.63, 3.8) is 0 Å². The third-order valence-electron chi connectivity index (χ3n) is 4.18. The molecule has 3 aromatic carbocycles. The van der Waals surface area contributed by atoms with Crippen LogP contribution in [0.2, 0.25) is 5.02 Å². The smallest absolute Gasteiger partial charge is 0.255 e. The molecule has 3 N–H and O–H groups in total. The van der Waals surface area contributed by atoms with E-state index >= 15 is 0 Å². The first-order valence-corrected chi connectivity index (χ1v) is 10.7. The number of primary amides is 1. The minimum absolute atomic E-state index is 0.109. The molecule has 7 heteroatoms. The van der Waals surface area contributed by atoms with Gasteiger partial charge in [0.2, 0.25) is 5.91 Å². The van der Waals surface area contributed by atoms with Crippen LogP contribution in [0.1, 0.15) is 22.3 Å². The second kappa shape index (κ2) is 10.7. The number of nitrogens with one attached hydrogen (secondary N) is 1. The maximum absolute atomic E-state index is 12.6. The van der Waals surface area contributed by atoms with Gasteiger partial charge < -0.3 is 15.8 Å². The maximum atomic E-state index is 12.6. The van der Waals surface area contributed by atoms with E-state index in [1.807, 2.05) is 36.4 Å². The van der Waals surface area contributed by atoms with Crippen molar-refractivity contribution in [3.05, 3.63) is 88.9 Å². The first-order chi connectivity index (χ1) is 14.5. The monoisotopic (exact) mass is 440 g/mol. The number of para-hydroxylation sites is 2. The number of amides is 2. The van der Waals surface area contributed by atoms with Crippen molar-refractivity contribution in [2.24, 2.45) is 5.73 Å². The zero-order chi connectivity index (χ0) is 21.3. The van der Waals surface area contributed by atoms with E-state index in [0.29, 0.717) is 17.0 Å². The standard InChI is InChI=1S/C23H21ClN2O3S/c24-18-9-11-19(12-10-18)30-15-16-5-7-17(8-6-16)23(28)26-20-3-1-2-4-21(20)29-14-13-22(25)27/h1-12H,13-15H2,(H2,25,27)(H,26,28). The molecule has 0 unspecified atom stereocenters. The molecule has 0 heterocycles. The van der Waals surface area contributed by atoms with Crippen molar-refractivity contribution in [1.82, 2.24) is 0 Å². The summed E-state index contributed by atoms with van der Waals surface area (Å²) in [5.74, 6) is 0.604. The predicted molar refractivity (Wildman–Crippen MR) is 121 cm³/mol. The molecule has 3 aromatic rings. The zero-order valence-corrected chi connectivity index (χ0v) is 17.7. The Morgan fingerprint density at radius 1 is 0.967 bits per heavy atom. The molecule has 0 aliphatic carbocycles. The largest absolute Gasteiger partial charge is 0.491 e. The summed E-state index contributed by atoms with van der Waals surface area (Å²) in [5.41, 5.74) is 7.32. The topological polar surface area (TPSA) is 81.4 Å². The molecular formula is C23H21ClN2O3S. The second-order valence-corrected chi connectivity index (χ2v) is 7.94. The highest BCUT2D eigenvalue weighted by atomic mass is 35.5. The Morgan fingerprint density at radius 2 is 1.67 bits per heavy atom. The van der Waals surface area contributed by atoms with E-state index in [-0.39, 0.29) is 18.9 Å². The average molecular weight is 441 g/mol. The molecule has 0 aliphatic heterocycles. The van der Waals surface area contributed by atoms with Crippen LogP contribution in [0.4, 0.5) is 5.69 Å². The number of ether oxygens (including phenoxy) is 1. The fourth-order valence-electron chi connectivity index (χ4n) is 2.60. The third-order valence-corrected chi connectivity index (χ3v) is 5.51. The van der Waals surface area contributed by atoms with Gasteiger partial charge in [-0.1, -0.05) is 35.9 Å². The van der Waals surface area contributed by atoms with Gasteiger partial charge in [0.25, 0.3) is 5.91 Å². The lowest BCUT2D eigenvalue weighted by Gasteiger charge is -2.12. The van der Waals surface area contributed by atoms with E-state index in [1.165, 1.54) is 0 Å². The Labute approximate surface area is 184 Å². The van der Waals surface area contributed by atoms with E-state index in [2.05, 4.69) is 5.32 Å². The van der Waals surface area contributed by atoms with Crippen LogP contribution in [-0.2, 0) is 10.5 Å². The Bertz CT molecular complexity index is 1010. The molecule has 3 rings (SSSR count). The minimum atomic E-state index is -0.439. The molecular weight excluding hydrogens is 420 g/mol. The molecule has 0 saturated heterocycles. The van der Waals surface area contributed by atoms with Crippen LogP contribution in [0.25, 0.3) is 0 Å². The van der Waals surface area contributed by atoms with Crippen LogP contribution in [0.3, 0.4) is 0 Å². The summed E-state index contributed by atoms with van der Waals surface area (Å²) >= 11 is 7.61. The van der Waals surface area contributed by atoms with E-state index in [9.17, 15) is 9.59 Å². The number of carbonyl (C=O) groups is 2. The molecule has 0 radical (unpaired) electrons. The Morgan fingerprint density at radius 3 is 2.37 bits per heavy atom. The zero-order valence-electron chi connectivity index (χ0n) is 16.1. The van der Waals surface area contributed by atoms with Crippen LogP contribution in [0, 0.1) is 0 Å². The molecule has 0 atom stereocenters. The van der Waals surface area contributed by atoms with Gasteiger partial charge in [0.15, 0.2) is 0 Å². The number of anilines is 1. The van der Waals surface area contributed by atoms with E-state index in [1.54, 1.807) is 48.2 Å². The van der Waals surface area contributed by atoms with Gasteiger partial charge in [-0.3, -0.25) is 9.59 Å². The van der Waals surface area contributed by atoms with Crippen LogP contribution in [-0.4, -0.2) is 18.4 Å². The maximum Gasteiger partial charge on any atom is 0.255 e. The average Bonchev–Trinajstić information content (AvgIpc) is 2.74. The lowest BCUT2D eigenvalue weighted by molar-refractivity contribution is -0.118. The van der Waals surface area contributed by atoms with Gasteiger partial charge in [-0.25, -0.2) is 0 Å². The van der Waals surface area contributed by atoms with Crippen LogP contribution < -0.4 is 15.8 Å². The highest BCUT2D eigenvalue weighted by Gasteiger charge is 2.10. The Kier molecular flexibility index (Phi) is 7.76. The number of carbonyl (C=O) groups excluding carboxylic acids is 2. The first kappa shape index (κ1) is 21.7. The molecule has 2 amide bonds. The van der Waals surface area contributed by atoms with Crippen molar-refractivity contribution in [2.75, 3.05) is 11.9 Å². The lowest BCUT2D eigenvalue weighted by Crippen LogP contribution is -2.16. The molecule has 0 spiro atoms. The van der Waals surface area contributed by atoms with Gasteiger partial charge in [0.1, 0.15) is 5.75 Å². The number of halogens is 1. The summed E-state index contributed by atoms with van der Waals surface area (Å²) in [7, 11) is 0. The minimum Gasteiger partial charge on any atom is -0.491 e.